The minimum absolute atomic E-state index is 0.0867. The first-order valence-electron chi connectivity index (χ1n) is 8.77. The number of fused-ring (bicyclic) bond motifs is 2. The highest BCUT2D eigenvalue weighted by molar-refractivity contribution is 6.11. The molecule has 0 spiro atoms. The van der Waals surface area contributed by atoms with Crippen molar-refractivity contribution in [3.05, 3.63) is 53.6 Å². The molecule has 0 saturated carbocycles. The van der Waals surface area contributed by atoms with Gasteiger partial charge in [0.2, 0.25) is 5.91 Å². The van der Waals surface area contributed by atoms with Gasteiger partial charge in [-0.3, -0.25) is 9.59 Å². The average Bonchev–Trinajstić information content (AvgIpc) is 3.06. The molecule has 2 aliphatic rings. The fraction of sp³-hybridized carbons (Fsp3) is 0.250. The number of rotatable bonds is 3. The Morgan fingerprint density at radius 1 is 1.18 bits per heavy atom. The van der Waals surface area contributed by atoms with Crippen molar-refractivity contribution in [2.45, 2.75) is 18.6 Å². The van der Waals surface area contributed by atoms with Gasteiger partial charge in [-0.05, 0) is 18.2 Å². The van der Waals surface area contributed by atoms with E-state index in [0.29, 0.717) is 5.56 Å². The number of carbonyl (C=O) groups excluding carboxylic acids is 3. The second kappa shape index (κ2) is 6.97. The number of nitrogens with zero attached hydrogens (tertiary/aromatic N) is 1. The van der Waals surface area contributed by atoms with Crippen LogP contribution < -0.4 is 14.8 Å². The summed E-state index contributed by atoms with van der Waals surface area (Å²) < 4.78 is 10.7. The highest BCUT2D eigenvalue weighted by Crippen LogP contribution is 2.37. The van der Waals surface area contributed by atoms with E-state index in [0.717, 1.165) is 0 Å². The molecule has 0 aliphatic carbocycles. The molecular formula is C20H18N2O6. The second-order valence-electron chi connectivity index (χ2n) is 6.66. The van der Waals surface area contributed by atoms with Crippen molar-refractivity contribution in [2.75, 3.05) is 19.0 Å². The molecule has 2 amide bonds. The third kappa shape index (κ3) is 3.07. The number of aliphatic hydroxyl groups excluding tert-OH is 1. The van der Waals surface area contributed by atoms with Gasteiger partial charge in [0.15, 0.2) is 11.5 Å². The maximum Gasteiger partial charge on any atom is 0.343 e. The monoisotopic (exact) mass is 382 g/mol. The number of anilines is 1. The van der Waals surface area contributed by atoms with Crippen LogP contribution in [0.15, 0.2) is 42.5 Å². The molecular weight excluding hydrogens is 364 g/mol. The molecule has 0 radical (unpaired) electrons. The lowest BCUT2D eigenvalue weighted by Gasteiger charge is -2.19. The van der Waals surface area contributed by atoms with Crippen LogP contribution >= 0.6 is 0 Å². The molecule has 2 aromatic carbocycles. The Balaban J connectivity index is 1.70. The van der Waals surface area contributed by atoms with Crippen LogP contribution in [0.25, 0.3) is 0 Å². The number of carbonyl (C=O) groups is 3. The summed E-state index contributed by atoms with van der Waals surface area (Å²) in [6.45, 7) is 0.0867. The fourth-order valence-corrected chi connectivity index (χ4v) is 3.47. The van der Waals surface area contributed by atoms with Gasteiger partial charge >= 0.3 is 5.97 Å². The number of aliphatic hydroxyl groups is 1. The lowest BCUT2D eigenvalue weighted by atomic mass is 10.1. The topological polar surface area (TPSA) is 105 Å². The van der Waals surface area contributed by atoms with E-state index in [1.165, 1.54) is 24.1 Å². The predicted molar refractivity (Wildman–Crippen MR) is 98.5 cm³/mol. The van der Waals surface area contributed by atoms with Gasteiger partial charge in [0.1, 0.15) is 6.04 Å². The van der Waals surface area contributed by atoms with Crippen LogP contribution in [0.4, 0.5) is 5.69 Å². The van der Waals surface area contributed by atoms with Crippen molar-refractivity contribution >= 4 is 23.5 Å². The van der Waals surface area contributed by atoms with Crippen molar-refractivity contribution in [3.8, 4) is 11.5 Å². The second-order valence-corrected chi connectivity index (χ2v) is 6.66. The smallest absolute Gasteiger partial charge is 0.343 e. The number of hydrogen-bond donors (Lipinski definition) is 2. The van der Waals surface area contributed by atoms with Crippen molar-refractivity contribution in [3.63, 3.8) is 0 Å². The van der Waals surface area contributed by atoms with Gasteiger partial charge in [0, 0.05) is 19.0 Å². The average molecular weight is 382 g/mol. The van der Waals surface area contributed by atoms with Gasteiger partial charge in [-0.25, -0.2) is 4.79 Å². The van der Waals surface area contributed by atoms with Crippen molar-refractivity contribution in [1.29, 1.82) is 0 Å². The molecule has 2 aromatic rings. The molecule has 1 saturated heterocycles. The summed E-state index contributed by atoms with van der Waals surface area (Å²) in [5.74, 6) is -1.11. The normalized spacial score (nSPS) is 20.7. The summed E-state index contributed by atoms with van der Waals surface area (Å²) in [5, 5.41) is 12.5. The van der Waals surface area contributed by atoms with E-state index in [1.807, 2.05) is 0 Å². The van der Waals surface area contributed by atoms with Gasteiger partial charge in [-0.1, -0.05) is 18.2 Å². The molecule has 2 atom stereocenters. The molecule has 144 valence electrons. The third-order valence-corrected chi connectivity index (χ3v) is 4.85. The third-order valence-electron chi connectivity index (χ3n) is 4.85. The first-order valence-corrected chi connectivity index (χ1v) is 8.77. The van der Waals surface area contributed by atoms with Crippen LogP contribution in [0.5, 0.6) is 11.5 Å². The van der Waals surface area contributed by atoms with Gasteiger partial charge in [-0.15, -0.1) is 0 Å². The molecule has 1 fully saturated rings. The number of ether oxygens (including phenoxy) is 2. The predicted octanol–water partition coefficient (Wildman–Crippen LogP) is 1.44. The maximum atomic E-state index is 12.9. The van der Waals surface area contributed by atoms with Crippen LogP contribution in [-0.2, 0) is 4.79 Å². The first-order chi connectivity index (χ1) is 13.5. The molecule has 2 N–H and O–H groups in total. The molecule has 2 heterocycles. The van der Waals surface area contributed by atoms with Crippen molar-refractivity contribution < 1.29 is 29.0 Å². The molecule has 0 bridgehead atoms. The quantitative estimate of drug-likeness (QED) is 0.615. The standard InChI is InChI=1S/C20H18N2O6/c1-27-16-8-13-14(9-17(16)28-20(26)11-5-3-2-4-6-11)21-18(24)15-7-12(23)10-22(15)19(13)25/h2-6,8-9,12,15,23H,7,10H2,1H3,(H,21,24)/t12-,15?/m0/s1. The van der Waals surface area contributed by atoms with E-state index in [4.69, 9.17) is 9.47 Å². The maximum absolute atomic E-state index is 12.9. The van der Waals surface area contributed by atoms with Crippen LogP contribution in [0.3, 0.4) is 0 Å². The minimum atomic E-state index is -0.741. The largest absolute Gasteiger partial charge is 0.493 e. The van der Waals surface area contributed by atoms with Crippen LogP contribution in [0.1, 0.15) is 27.1 Å². The molecule has 0 aromatic heterocycles. The Labute approximate surface area is 160 Å². The molecule has 1 unspecified atom stereocenters. The number of hydrogen-bond acceptors (Lipinski definition) is 6. The van der Waals surface area contributed by atoms with E-state index in [-0.39, 0.29) is 35.7 Å². The van der Waals surface area contributed by atoms with Gasteiger partial charge in [-0.2, -0.15) is 0 Å². The zero-order chi connectivity index (χ0) is 19.8. The van der Waals surface area contributed by atoms with Crippen molar-refractivity contribution in [2.24, 2.45) is 0 Å². The van der Waals surface area contributed by atoms with Crippen LogP contribution in [-0.4, -0.2) is 53.6 Å². The molecule has 8 heteroatoms. The first kappa shape index (κ1) is 18.0. The number of benzene rings is 2. The summed E-state index contributed by atoms with van der Waals surface area (Å²) >= 11 is 0. The van der Waals surface area contributed by atoms with E-state index in [1.54, 1.807) is 30.3 Å². The van der Waals surface area contributed by atoms with E-state index in [9.17, 15) is 19.5 Å². The van der Waals surface area contributed by atoms with Crippen molar-refractivity contribution in [1.82, 2.24) is 4.90 Å². The summed E-state index contributed by atoms with van der Waals surface area (Å²) in [6, 6.07) is 10.5. The number of amides is 2. The Morgan fingerprint density at radius 2 is 1.93 bits per heavy atom. The Morgan fingerprint density at radius 3 is 2.64 bits per heavy atom. The number of nitrogens with one attached hydrogen (secondary N) is 1. The van der Waals surface area contributed by atoms with E-state index >= 15 is 0 Å². The highest BCUT2D eigenvalue weighted by atomic mass is 16.6. The lowest BCUT2D eigenvalue weighted by Crippen LogP contribution is -2.40. The SMILES string of the molecule is COc1cc2c(cc1OC(=O)c1ccccc1)NC(=O)C1C[C@H](O)CN1C2=O. The lowest BCUT2D eigenvalue weighted by molar-refractivity contribution is -0.119. The Kier molecular flexibility index (Phi) is 4.48. The van der Waals surface area contributed by atoms with Gasteiger partial charge < -0.3 is 24.8 Å². The van der Waals surface area contributed by atoms with Gasteiger partial charge in [0.05, 0.1) is 30.0 Å². The van der Waals surface area contributed by atoms with Crippen LogP contribution in [0.2, 0.25) is 0 Å². The minimum Gasteiger partial charge on any atom is -0.493 e. The number of esters is 1. The summed E-state index contributed by atoms with van der Waals surface area (Å²) in [6.07, 6.45) is -0.562. The Bertz CT molecular complexity index is 959. The fourth-order valence-electron chi connectivity index (χ4n) is 3.47. The zero-order valence-corrected chi connectivity index (χ0v) is 15.0. The van der Waals surface area contributed by atoms with E-state index in [2.05, 4.69) is 5.32 Å². The van der Waals surface area contributed by atoms with E-state index < -0.39 is 29.9 Å². The van der Waals surface area contributed by atoms with Gasteiger partial charge in [0.25, 0.3) is 5.91 Å². The zero-order valence-electron chi connectivity index (χ0n) is 15.0. The molecule has 4 rings (SSSR count). The summed E-state index contributed by atoms with van der Waals surface area (Å²) in [5.41, 5.74) is 0.797. The summed E-state index contributed by atoms with van der Waals surface area (Å²) in [7, 11) is 1.39. The molecule has 28 heavy (non-hydrogen) atoms. The molecule has 8 nitrogen and oxygen atoms in total. The highest BCUT2D eigenvalue weighted by Gasteiger charge is 2.42. The Hall–Kier alpha value is -3.39. The summed E-state index contributed by atoms with van der Waals surface area (Å²) in [4.78, 5) is 39.1. The molecule has 2 aliphatic heterocycles. The van der Waals surface area contributed by atoms with Crippen LogP contribution in [0, 0.1) is 0 Å². The number of methoxy groups -OCH3 is 1.